The number of hydrogen-bond donors (Lipinski definition) is 1. The van der Waals surface area contributed by atoms with Gasteiger partial charge >= 0.3 is 0 Å². The summed E-state index contributed by atoms with van der Waals surface area (Å²) in [5.41, 5.74) is 0. The maximum Gasteiger partial charge on any atom is 0.159 e. The maximum atomic E-state index is 9.30. The van der Waals surface area contributed by atoms with Crippen molar-refractivity contribution in [2.45, 2.75) is 70.4 Å². The monoisotopic (exact) mass is 249 g/mol. The van der Waals surface area contributed by atoms with Crippen molar-refractivity contribution < 1.29 is 5.11 Å². The molecule has 0 aromatic carbocycles. The van der Waals surface area contributed by atoms with Gasteiger partial charge in [-0.05, 0) is 25.2 Å². The van der Waals surface area contributed by atoms with Gasteiger partial charge in [-0.3, -0.25) is 0 Å². The highest BCUT2D eigenvalue weighted by atomic mass is 16.3. The van der Waals surface area contributed by atoms with Crippen LogP contribution in [0.15, 0.2) is 0 Å². The van der Waals surface area contributed by atoms with Gasteiger partial charge in [-0.1, -0.05) is 32.1 Å². The molecule has 1 aromatic heterocycles. The Balaban J connectivity index is 1.63. The minimum atomic E-state index is 0.0208. The highest BCUT2D eigenvalue weighted by molar-refractivity contribution is 5.02. The molecule has 4 nitrogen and oxygen atoms in total. The third-order valence-electron chi connectivity index (χ3n) is 4.39. The largest absolute Gasteiger partial charge is 0.388 e. The Morgan fingerprint density at radius 2 is 1.72 bits per heavy atom. The van der Waals surface area contributed by atoms with Crippen LogP contribution < -0.4 is 0 Å². The van der Waals surface area contributed by atoms with Crippen molar-refractivity contribution >= 4 is 0 Å². The average Bonchev–Trinajstić information content (AvgIpc) is 3.18. The number of aliphatic hydroxyl groups is 1. The normalized spacial score (nSPS) is 21.4. The minimum Gasteiger partial charge on any atom is -0.388 e. The van der Waals surface area contributed by atoms with E-state index < -0.39 is 0 Å². The van der Waals surface area contributed by atoms with E-state index in [1.54, 1.807) is 0 Å². The van der Waals surface area contributed by atoms with E-state index in [1.807, 2.05) is 0 Å². The maximum absolute atomic E-state index is 9.30. The van der Waals surface area contributed by atoms with Crippen LogP contribution in [0.5, 0.6) is 0 Å². The van der Waals surface area contributed by atoms with Gasteiger partial charge in [0.15, 0.2) is 5.82 Å². The van der Waals surface area contributed by atoms with Gasteiger partial charge in [-0.2, -0.15) is 0 Å². The van der Waals surface area contributed by atoms with Crippen LogP contribution in [0.25, 0.3) is 0 Å². The molecule has 100 valence electrons. The van der Waals surface area contributed by atoms with Crippen LogP contribution in [0.4, 0.5) is 0 Å². The molecular formula is C14H23N3O. The minimum absolute atomic E-state index is 0.0208. The first-order valence-corrected chi connectivity index (χ1v) is 7.42. The molecule has 0 amide bonds. The molecule has 3 rings (SSSR count). The van der Waals surface area contributed by atoms with E-state index in [0.29, 0.717) is 6.04 Å². The van der Waals surface area contributed by atoms with Crippen LogP contribution in [0.3, 0.4) is 0 Å². The highest BCUT2D eigenvalue weighted by Gasteiger charge is 2.29. The molecule has 2 fully saturated rings. The molecule has 2 aliphatic rings. The highest BCUT2D eigenvalue weighted by Crippen LogP contribution is 2.37. The van der Waals surface area contributed by atoms with Gasteiger partial charge in [0.05, 0.1) is 0 Å². The average molecular weight is 249 g/mol. The molecule has 18 heavy (non-hydrogen) atoms. The number of aryl methyl sites for hydroxylation is 1. The molecule has 2 saturated carbocycles. The quantitative estimate of drug-likeness (QED) is 0.872. The molecule has 0 atom stereocenters. The second kappa shape index (κ2) is 5.39. The second-order valence-electron chi connectivity index (χ2n) is 5.83. The summed E-state index contributed by atoms with van der Waals surface area (Å²) in [7, 11) is 0. The van der Waals surface area contributed by atoms with Crippen LogP contribution in [0, 0.1) is 5.92 Å². The van der Waals surface area contributed by atoms with Crippen LogP contribution >= 0.6 is 0 Å². The van der Waals surface area contributed by atoms with Gasteiger partial charge in [0.1, 0.15) is 12.4 Å². The summed E-state index contributed by atoms with van der Waals surface area (Å²) in [6, 6.07) is 0.573. The number of aromatic nitrogens is 3. The zero-order valence-electron chi connectivity index (χ0n) is 11.0. The van der Waals surface area contributed by atoms with Gasteiger partial charge in [-0.25, -0.2) is 0 Å². The predicted octanol–water partition coefficient (Wildman–Crippen LogP) is 2.62. The van der Waals surface area contributed by atoms with Gasteiger partial charge in [-0.15, -0.1) is 10.2 Å². The Bertz CT molecular complexity index is 392. The first kappa shape index (κ1) is 12.2. The lowest BCUT2D eigenvalue weighted by Crippen LogP contribution is -2.11. The van der Waals surface area contributed by atoms with Crippen molar-refractivity contribution in [3.8, 4) is 0 Å². The molecule has 0 unspecified atom stereocenters. The summed E-state index contributed by atoms with van der Waals surface area (Å²) in [5.74, 6) is 2.75. The van der Waals surface area contributed by atoms with Gasteiger partial charge < -0.3 is 9.67 Å². The van der Waals surface area contributed by atoms with E-state index in [9.17, 15) is 5.11 Å². The lowest BCUT2D eigenvalue weighted by molar-refractivity contribution is 0.264. The Morgan fingerprint density at radius 1 is 1.00 bits per heavy atom. The van der Waals surface area contributed by atoms with Crippen molar-refractivity contribution in [1.29, 1.82) is 0 Å². The third kappa shape index (κ3) is 2.58. The Kier molecular flexibility index (Phi) is 3.64. The predicted molar refractivity (Wildman–Crippen MR) is 69.1 cm³/mol. The van der Waals surface area contributed by atoms with Crippen LogP contribution in [0.2, 0.25) is 0 Å². The summed E-state index contributed by atoms with van der Waals surface area (Å²) in [6.07, 6.45) is 11.7. The first-order valence-electron chi connectivity index (χ1n) is 7.42. The van der Waals surface area contributed by atoms with Gasteiger partial charge in [0, 0.05) is 12.5 Å². The lowest BCUT2D eigenvalue weighted by Gasteiger charge is -2.21. The second-order valence-corrected chi connectivity index (χ2v) is 5.83. The zero-order valence-corrected chi connectivity index (χ0v) is 11.0. The Hall–Kier alpha value is -0.900. The third-order valence-corrected chi connectivity index (χ3v) is 4.39. The van der Waals surface area contributed by atoms with Crippen molar-refractivity contribution in [3.05, 3.63) is 11.6 Å². The number of rotatable bonds is 5. The van der Waals surface area contributed by atoms with E-state index in [2.05, 4.69) is 14.8 Å². The summed E-state index contributed by atoms with van der Waals surface area (Å²) < 4.78 is 2.20. The molecule has 0 bridgehead atoms. The van der Waals surface area contributed by atoms with E-state index in [4.69, 9.17) is 0 Å². The van der Waals surface area contributed by atoms with Crippen molar-refractivity contribution in [2.24, 2.45) is 5.92 Å². The SMILES string of the molecule is OCc1nnc(CCC2CCCCC2)n1C1CC1. The summed E-state index contributed by atoms with van der Waals surface area (Å²) in [5, 5.41) is 17.7. The fourth-order valence-corrected chi connectivity index (χ4v) is 3.20. The molecule has 4 heteroatoms. The molecule has 0 radical (unpaired) electrons. The fourth-order valence-electron chi connectivity index (χ4n) is 3.20. The van der Waals surface area contributed by atoms with Crippen LogP contribution in [0.1, 0.15) is 69.1 Å². The molecule has 0 aliphatic heterocycles. The molecular weight excluding hydrogens is 226 g/mol. The number of nitrogens with zero attached hydrogens (tertiary/aromatic N) is 3. The van der Waals surface area contributed by atoms with E-state index in [-0.39, 0.29) is 6.61 Å². The van der Waals surface area contributed by atoms with Gasteiger partial charge in [0.2, 0.25) is 0 Å². The fraction of sp³-hybridized carbons (Fsp3) is 0.857. The topological polar surface area (TPSA) is 50.9 Å². The summed E-state index contributed by atoms with van der Waals surface area (Å²) in [6.45, 7) is 0.0208. The van der Waals surface area contributed by atoms with Crippen molar-refractivity contribution in [1.82, 2.24) is 14.8 Å². The summed E-state index contributed by atoms with van der Waals surface area (Å²) in [4.78, 5) is 0. The smallest absolute Gasteiger partial charge is 0.159 e. The molecule has 0 spiro atoms. The van der Waals surface area contributed by atoms with E-state index >= 15 is 0 Å². The molecule has 1 aromatic rings. The number of aliphatic hydroxyl groups excluding tert-OH is 1. The van der Waals surface area contributed by atoms with Crippen LogP contribution in [-0.4, -0.2) is 19.9 Å². The molecule has 2 aliphatic carbocycles. The Morgan fingerprint density at radius 3 is 2.39 bits per heavy atom. The van der Waals surface area contributed by atoms with E-state index in [1.165, 1.54) is 51.4 Å². The first-order chi connectivity index (χ1) is 8.88. The standard InChI is InChI=1S/C14H23N3O/c18-10-14-16-15-13(17(14)12-7-8-12)9-6-11-4-2-1-3-5-11/h11-12,18H,1-10H2. The van der Waals surface area contributed by atoms with Crippen LogP contribution in [-0.2, 0) is 13.0 Å². The number of hydrogen-bond acceptors (Lipinski definition) is 3. The zero-order chi connectivity index (χ0) is 12.4. The lowest BCUT2D eigenvalue weighted by atomic mass is 9.86. The van der Waals surface area contributed by atoms with Crippen molar-refractivity contribution in [3.63, 3.8) is 0 Å². The van der Waals surface area contributed by atoms with E-state index in [0.717, 1.165) is 24.0 Å². The summed E-state index contributed by atoms with van der Waals surface area (Å²) >= 11 is 0. The molecule has 1 N–H and O–H groups in total. The molecule has 1 heterocycles. The Labute approximate surface area is 108 Å². The van der Waals surface area contributed by atoms with Gasteiger partial charge in [0.25, 0.3) is 0 Å². The molecule has 0 saturated heterocycles. The van der Waals surface area contributed by atoms with Crippen molar-refractivity contribution in [2.75, 3.05) is 0 Å².